The van der Waals surface area contributed by atoms with Crippen LogP contribution in [-0.2, 0) is 4.79 Å². The Balaban J connectivity index is 1.66. The molecule has 1 aromatic carbocycles. The van der Waals surface area contributed by atoms with Crippen LogP contribution in [0.5, 0.6) is 5.75 Å². The Hall–Kier alpha value is -1.95. The van der Waals surface area contributed by atoms with Crippen LogP contribution >= 0.6 is 11.8 Å². The molecule has 0 spiro atoms. The van der Waals surface area contributed by atoms with Crippen molar-refractivity contribution in [3.63, 3.8) is 0 Å². The number of ether oxygens (including phenoxy) is 1. The summed E-state index contributed by atoms with van der Waals surface area (Å²) in [5.41, 5.74) is 0.979. The number of benzene rings is 1. The maximum absolute atomic E-state index is 12.6. The largest absolute Gasteiger partial charge is 0.497 e. The van der Waals surface area contributed by atoms with Crippen LogP contribution in [0.4, 0.5) is 0 Å². The molecule has 0 N–H and O–H groups in total. The van der Waals surface area contributed by atoms with Gasteiger partial charge in [0.25, 0.3) is 0 Å². The van der Waals surface area contributed by atoms with Crippen molar-refractivity contribution >= 4 is 17.7 Å². The lowest BCUT2D eigenvalue weighted by Gasteiger charge is -2.35. The second-order valence-corrected chi connectivity index (χ2v) is 7.76. The van der Waals surface area contributed by atoms with Crippen LogP contribution in [-0.4, -0.2) is 46.3 Å². The molecule has 0 bridgehead atoms. The minimum absolute atomic E-state index is 0.198. The van der Waals surface area contributed by atoms with Gasteiger partial charge < -0.3 is 9.64 Å². The summed E-state index contributed by atoms with van der Waals surface area (Å²) >= 11 is 1.49. The van der Waals surface area contributed by atoms with Gasteiger partial charge in [-0.3, -0.25) is 9.36 Å². The molecular weight excluding hydrogens is 334 g/mol. The maximum atomic E-state index is 12.6. The molecule has 1 aliphatic rings. The van der Waals surface area contributed by atoms with Gasteiger partial charge in [0.1, 0.15) is 5.75 Å². The Morgan fingerprint density at radius 3 is 2.80 bits per heavy atom. The Bertz CT molecular complexity index is 721. The minimum atomic E-state index is 0.198. The fraction of sp³-hybridized carbons (Fsp3) is 0.474. The van der Waals surface area contributed by atoms with Gasteiger partial charge >= 0.3 is 0 Å². The lowest BCUT2D eigenvalue weighted by molar-refractivity contribution is -0.130. The first kappa shape index (κ1) is 17.9. The predicted octanol–water partition coefficient (Wildman–Crippen LogP) is 3.48. The van der Waals surface area contributed by atoms with Gasteiger partial charge in [0.05, 0.1) is 18.6 Å². The number of nitrogens with zero attached hydrogens (tertiary/aromatic N) is 3. The zero-order valence-corrected chi connectivity index (χ0v) is 15.8. The summed E-state index contributed by atoms with van der Waals surface area (Å²) in [7, 11) is 1.65. The number of amides is 1. The average Bonchev–Trinajstić information content (AvgIpc) is 3.07. The highest BCUT2D eigenvalue weighted by molar-refractivity contribution is 7.99. The van der Waals surface area contributed by atoms with E-state index >= 15 is 0 Å². The predicted molar refractivity (Wildman–Crippen MR) is 100 cm³/mol. The van der Waals surface area contributed by atoms with Crippen molar-refractivity contribution in [3.05, 3.63) is 36.7 Å². The third kappa shape index (κ3) is 4.37. The first-order valence-electron chi connectivity index (χ1n) is 8.65. The van der Waals surface area contributed by atoms with Crippen LogP contribution in [0.1, 0.15) is 20.3 Å². The molecule has 1 aliphatic heterocycles. The third-order valence-electron chi connectivity index (χ3n) is 4.48. The summed E-state index contributed by atoms with van der Waals surface area (Å²) in [5, 5.41) is 0.819. The van der Waals surface area contributed by atoms with E-state index in [0.29, 0.717) is 17.6 Å². The molecule has 25 heavy (non-hydrogen) atoms. The van der Waals surface area contributed by atoms with E-state index in [1.54, 1.807) is 13.3 Å². The Kier molecular flexibility index (Phi) is 5.68. The van der Waals surface area contributed by atoms with E-state index in [0.717, 1.165) is 29.7 Å². The lowest BCUT2D eigenvalue weighted by atomic mass is 9.92. The van der Waals surface area contributed by atoms with Crippen LogP contribution in [0.3, 0.4) is 0 Å². The number of likely N-dealkylation sites (tertiary alicyclic amines) is 1. The molecular formula is C19H25N3O2S. The molecule has 0 aliphatic carbocycles. The number of thioether (sulfide) groups is 1. The molecule has 134 valence electrons. The number of piperidine rings is 1. The molecule has 1 aromatic heterocycles. The average molecular weight is 359 g/mol. The molecule has 2 atom stereocenters. The van der Waals surface area contributed by atoms with Gasteiger partial charge in [-0.1, -0.05) is 31.7 Å². The van der Waals surface area contributed by atoms with E-state index in [1.807, 2.05) is 39.9 Å². The summed E-state index contributed by atoms with van der Waals surface area (Å²) < 4.78 is 7.28. The number of carbonyl (C=O) groups excluding carboxylic acids is 1. The number of imidazole rings is 1. The Morgan fingerprint density at radius 2 is 2.08 bits per heavy atom. The molecule has 0 saturated carbocycles. The molecule has 1 amide bonds. The van der Waals surface area contributed by atoms with Gasteiger partial charge in [0, 0.05) is 31.5 Å². The van der Waals surface area contributed by atoms with Gasteiger partial charge in [-0.25, -0.2) is 4.98 Å². The van der Waals surface area contributed by atoms with E-state index in [-0.39, 0.29) is 5.91 Å². The van der Waals surface area contributed by atoms with Crippen molar-refractivity contribution in [3.8, 4) is 11.4 Å². The molecule has 1 saturated heterocycles. The number of carbonyl (C=O) groups is 1. The highest BCUT2D eigenvalue weighted by Crippen LogP contribution is 2.25. The normalized spacial score (nSPS) is 20.5. The molecule has 0 radical (unpaired) electrons. The maximum Gasteiger partial charge on any atom is 0.233 e. The number of hydrogen-bond acceptors (Lipinski definition) is 4. The zero-order valence-electron chi connectivity index (χ0n) is 15.0. The van der Waals surface area contributed by atoms with Crippen LogP contribution in [0.15, 0.2) is 41.8 Å². The van der Waals surface area contributed by atoms with Crippen LogP contribution in [0.25, 0.3) is 5.69 Å². The van der Waals surface area contributed by atoms with Gasteiger partial charge in [-0.2, -0.15) is 0 Å². The van der Waals surface area contributed by atoms with E-state index in [4.69, 9.17) is 4.74 Å². The summed E-state index contributed by atoms with van der Waals surface area (Å²) in [6.45, 7) is 6.18. The van der Waals surface area contributed by atoms with Crippen molar-refractivity contribution < 1.29 is 9.53 Å². The number of methoxy groups -OCH3 is 1. The van der Waals surface area contributed by atoms with Crippen molar-refractivity contribution in [1.82, 2.24) is 14.5 Å². The minimum Gasteiger partial charge on any atom is -0.497 e. The summed E-state index contributed by atoms with van der Waals surface area (Å²) in [6, 6.07) is 7.82. The second-order valence-electron chi connectivity index (χ2n) is 6.81. The van der Waals surface area contributed by atoms with E-state index in [2.05, 4.69) is 18.8 Å². The molecule has 3 rings (SSSR count). The SMILES string of the molecule is COc1cccc(-n2ccnc2SCC(=O)N2CC(C)CC(C)C2)c1. The van der Waals surface area contributed by atoms with Gasteiger partial charge in [-0.05, 0) is 30.4 Å². The smallest absolute Gasteiger partial charge is 0.233 e. The highest BCUT2D eigenvalue weighted by atomic mass is 32.2. The van der Waals surface area contributed by atoms with E-state index in [9.17, 15) is 4.79 Å². The first-order chi connectivity index (χ1) is 12.1. The topological polar surface area (TPSA) is 47.4 Å². The van der Waals surface area contributed by atoms with Crippen LogP contribution < -0.4 is 4.74 Å². The van der Waals surface area contributed by atoms with Gasteiger partial charge in [0.15, 0.2) is 5.16 Å². The molecule has 6 heteroatoms. The van der Waals surface area contributed by atoms with Gasteiger partial charge in [-0.15, -0.1) is 0 Å². The van der Waals surface area contributed by atoms with Crippen LogP contribution in [0, 0.1) is 11.8 Å². The van der Waals surface area contributed by atoms with E-state index < -0.39 is 0 Å². The quantitative estimate of drug-likeness (QED) is 0.767. The third-order valence-corrected chi connectivity index (χ3v) is 5.44. The lowest BCUT2D eigenvalue weighted by Crippen LogP contribution is -2.43. The zero-order chi connectivity index (χ0) is 17.8. The molecule has 2 unspecified atom stereocenters. The number of hydrogen-bond donors (Lipinski definition) is 0. The monoisotopic (exact) mass is 359 g/mol. The summed E-state index contributed by atoms with van der Waals surface area (Å²) in [5.74, 6) is 2.58. The number of rotatable bonds is 5. The van der Waals surface area contributed by atoms with Crippen molar-refractivity contribution in [2.24, 2.45) is 11.8 Å². The molecule has 1 fully saturated rings. The fourth-order valence-corrected chi connectivity index (χ4v) is 4.31. The Morgan fingerprint density at radius 1 is 1.32 bits per heavy atom. The first-order valence-corrected chi connectivity index (χ1v) is 9.63. The van der Waals surface area contributed by atoms with Crippen molar-refractivity contribution in [2.75, 3.05) is 26.0 Å². The molecule has 2 aromatic rings. The highest BCUT2D eigenvalue weighted by Gasteiger charge is 2.25. The number of aromatic nitrogens is 2. The van der Waals surface area contributed by atoms with Gasteiger partial charge in [0.2, 0.25) is 5.91 Å². The second kappa shape index (κ2) is 7.95. The molecule has 2 heterocycles. The standard InChI is InChI=1S/C19H25N3O2S/c1-14-9-15(2)12-21(11-14)18(23)13-25-19-20-7-8-22(19)16-5-4-6-17(10-16)24-3/h4-8,10,14-15H,9,11-13H2,1-3H3. The van der Waals surface area contributed by atoms with Crippen molar-refractivity contribution in [1.29, 1.82) is 0 Å². The Labute approximate surface area is 153 Å². The summed E-state index contributed by atoms with van der Waals surface area (Å²) in [6.07, 6.45) is 4.88. The van der Waals surface area contributed by atoms with Crippen LogP contribution in [0.2, 0.25) is 0 Å². The fourth-order valence-electron chi connectivity index (χ4n) is 3.44. The van der Waals surface area contributed by atoms with Crippen molar-refractivity contribution in [2.45, 2.75) is 25.4 Å². The molecule has 5 nitrogen and oxygen atoms in total. The summed E-state index contributed by atoms with van der Waals surface area (Å²) in [4.78, 5) is 19.0. The van der Waals surface area contributed by atoms with E-state index in [1.165, 1.54) is 18.2 Å².